The number of carbonyl (C=O) groups is 1. The Morgan fingerprint density at radius 2 is 1.76 bits per heavy atom. The van der Waals surface area contributed by atoms with Crippen molar-refractivity contribution in [2.24, 2.45) is 45.8 Å². The van der Waals surface area contributed by atoms with Crippen molar-refractivity contribution in [2.45, 2.75) is 85.9 Å². The summed E-state index contributed by atoms with van der Waals surface area (Å²) in [6.45, 7) is 13.2. The summed E-state index contributed by atoms with van der Waals surface area (Å²) >= 11 is 0. The van der Waals surface area contributed by atoms with Crippen LogP contribution in [0.5, 0.6) is 0 Å². The second-order valence-corrected chi connectivity index (χ2v) is 11.0. The molecule has 142 valence electrons. The van der Waals surface area contributed by atoms with Crippen LogP contribution in [0.2, 0.25) is 0 Å². The van der Waals surface area contributed by atoms with E-state index in [0.29, 0.717) is 29.6 Å². The maximum Gasteiger partial charge on any atom is 0.302 e. The number of carbonyl (C=O) groups excluding carboxylic acids is 1. The van der Waals surface area contributed by atoms with Gasteiger partial charge >= 0.3 is 5.97 Å². The third-order valence-corrected chi connectivity index (χ3v) is 9.17. The summed E-state index contributed by atoms with van der Waals surface area (Å²) in [6.07, 6.45) is 5.44. The SMILES string of the molecule is CC(=O)OC1CC2(C)CC3CC3(C)C(O)C2C2C(C(C)C)CCC12C. The van der Waals surface area contributed by atoms with E-state index in [1.54, 1.807) is 6.92 Å². The molecular weight excluding hydrogens is 312 g/mol. The minimum Gasteiger partial charge on any atom is -0.462 e. The second-order valence-electron chi connectivity index (χ2n) is 11.0. The van der Waals surface area contributed by atoms with Crippen LogP contribution in [0.4, 0.5) is 0 Å². The van der Waals surface area contributed by atoms with Crippen LogP contribution in [0, 0.1) is 45.8 Å². The highest BCUT2D eigenvalue weighted by molar-refractivity contribution is 5.66. The zero-order chi connectivity index (χ0) is 18.4. The van der Waals surface area contributed by atoms with Gasteiger partial charge < -0.3 is 9.84 Å². The van der Waals surface area contributed by atoms with Crippen LogP contribution < -0.4 is 0 Å². The van der Waals surface area contributed by atoms with Gasteiger partial charge in [0.05, 0.1) is 6.10 Å². The van der Waals surface area contributed by atoms with Gasteiger partial charge in [0, 0.05) is 12.3 Å². The van der Waals surface area contributed by atoms with E-state index in [0.717, 1.165) is 12.8 Å². The van der Waals surface area contributed by atoms with Gasteiger partial charge in [-0.25, -0.2) is 0 Å². The number of rotatable bonds is 2. The van der Waals surface area contributed by atoms with E-state index in [-0.39, 0.29) is 34.4 Å². The van der Waals surface area contributed by atoms with Crippen molar-refractivity contribution in [1.29, 1.82) is 0 Å². The highest BCUT2D eigenvalue weighted by Gasteiger charge is 2.72. The molecule has 0 aromatic carbocycles. The van der Waals surface area contributed by atoms with Crippen molar-refractivity contribution in [2.75, 3.05) is 0 Å². The van der Waals surface area contributed by atoms with Gasteiger partial charge in [0.15, 0.2) is 0 Å². The highest BCUT2D eigenvalue weighted by Crippen LogP contribution is 2.74. The fourth-order valence-corrected chi connectivity index (χ4v) is 7.63. The third kappa shape index (κ3) is 2.30. The Morgan fingerprint density at radius 1 is 1.08 bits per heavy atom. The van der Waals surface area contributed by atoms with Gasteiger partial charge in [-0.05, 0) is 72.5 Å². The minimum atomic E-state index is -0.196. The van der Waals surface area contributed by atoms with Crippen molar-refractivity contribution in [3.63, 3.8) is 0 Å². The molecule has 3 nitrogen and oxygen atoms in total. The van der Waals surface area contributed by atoms with Crippen LogP contribution in [-0.2, 0) is 9.53 Å². The van der Waals surface area contributed by atoms with Crippen LogP contribution in [0.3, 0.4) is 0 Å². The topological polar surface area (TPSA) is 46.5 Å². The molecule has 4 fully saturated rings. The number of aliphatic hydroxyl groups is 1. The summed E-state index contributed by atoms with van der Waals surface area (Å²) in [5, 5.41) is 11.5. The van der Waals surface area contributed by atoms with Crippen LogP contribution in [-0.4, -0.2) is 23.3 Å². The van der Waals surface area contributed by atoms with Crippen molar-refractivity contribution in [3.8, 4) is 0 Å². The average molecular weight is 349 g/mol. The summed E-state index contributed by atoms with van der Waals surface area (Å²) in [5.74, 6) is 2.56. The first-order valence-electron chi connectivity index (χ1n) is 10.4. The third-order valence-electron chi connectivity index (χ3n) is 9.17. The molecule has 0 heterocycles. The largest absolute Gasteiger partial charge is 0.462 e. The molecule has 0 bridgehead atoms. The molecule has 0 radical (unpaired) electrons. The van der Waals surface area contributed by atoms with Crippen LogP contribution >= 0.6 is 0 Å². The minimum absolute atomic E-state index is 0.00954. The fraction of sp³-hybridized carbons (Fsp3) is 0.955. The van der Waals surface area contributed by atoms with E-state index in [1.165, 1.54) is 19.3 Å². The highest BCUT2D eigenvalue weighted by atomic mass is 16.5. The normalized spacial score (nSPS) is 56.8. The first-order valence-corrected chi connectivity index (χ1v) is 10.4. The Morgan fingerprint density at radius 3 is 2.36 bits per heavy atom. The lowest BCUT2D eigenvalue weighted by Gasteiger charge is -2.61. The van der Waals surface area contributed by atoms with Gasteiger partial charge in [0.25, 0.3) is 0 Å². The van der Waals surface area contributed by atoms with Gasteiger partial charge in [0.1, 0.15) is 6.10 Å². The summed E-state index contributed by atoms with van der Waals surface area (Å²) in [5.41, 5.74) is 0.259. The molecule has 0 aromatic rings. The van der Waals surface area contributed by atoms with Crippen LogP contribution in [0.25, 0.3) is 0 Å². The number of hydrogen-bond donors (Lipinski definition) is 1. The summed E-state index contributed by atoms with van der Waals surface area (Å²) < 4.78 is 5.94. The first kappa shape index (κ1) is 17.8. The monoisotopic (exact) mass is 348 g/mol. The Bertz CT molecular complexity index is 586. The molecular formula is C22H36O3. The van der Waals surface area contributed by atoms with Gasteiger partial charge in [-0.3, -0.25) is 4.79 Å². The smallest absolute Gasteiger partial charge is 0.302 e. The number of fused-ring (bicyclic) bond motifs is 4. The van der Waals surface area contributed by atoms with Crippen molar-refractivity contribution in [1.82, 2.24) is 0 Å². The van der Waals surface area contributed by atoms with Crippen molar-refractivity contribution in [3.05, 3.63) is 0 Å². The van der Waals surface area contributed by atoms with E-state index >= 15 is 0 Å². The molecule has 9 unspecified atom stereocenters. The van der Waals surface area contributed by atoms with Crippen LogP contribution in [0.1, 0.15) is 73.6 Å². The number of aliphatic hydroxyl groups excluding tert-OH is 1. The van der Waals surface area contributed by atoms with E-state index in [9.17, 15) is 9.90 Å². The Hall–Kier alpha value is -0.570. The Labute approximate surface area is 152 Å². The molecule has 3 heteroatoms. The molecule has 0 saturated heterocycles. The Balaban J connectivity index is 1.78. The molecule has 0 spiro atoms. The average Bonchev–Trinajstić information content (AvgIpc) is 2.99. The zero-order valence-electron chi connectivity index (χ0n) is 16.8. The lowest BCUT2D eigenvalue weighted by Crippen LogP contribution is -2.61. The van der Waals surface area contributed by atoms with Gasteiger partial charge in [-0.15, -0.1) is 0 Å². The molecule has 4 aliphatic rings. The second kappa shape index (κ2) is 5.24. The first-order chi connectivity index (χ1) is 11.5. The van der Waals surface area contributed by atoms with Crippen LogP contribution in [0.15, 0.2) is 0 Å². The lowest BCUT2D eigenvalue weighted by molar-refractivity contribution is -0.205. The predicted octanol–water partition coefficient (Wildman–Crippen LogP) is 4.42. The van der Waals surface area contributed by atoms with Gasteiger partial charge in [-0.1, -0.05) is 34.6 Å². The maximum atomic E-state index is 11.8. The number of ether oxygens (including phenoxy) is 1. The quantitative estimate of drug-likeness (QED) is 0.751. The molecule has 25 heavy (non-hydrogen) atoms. The van der Waals surface area contributed by atoms with E-state index < -0.39 is 0 Å². The molecule has 0 amide bonds. The lowest BCUT2D eigenvalue weighted by atomic mass is 9.46. The fourth-order valence-electron chi connectivity index (χ4n) is 7.63. The van der Waals surface area contributed by atoms with Gasteiger partial charge in [0.2, 0.25) is 0 Å². The molecule has 1 N–H and O–H groups in total. The summed E-state index contributed by atoms with van der Waals surface area (Å²) in [4.78, 5) is 11.8. The molecule has 4 rings (SSSR count). The molecule has 4 saturated carbocycles. The molecule has 0 aromatic heterocycles. The zero-order valence-corrected chi connectivity index (χ0v) is 16.8. The molecule has 9 atom stereocenters. The number of esters is 1. The maximum absolute atomic E-state index is 11.8. The summed E-state index contributed by atoms with van der Waals surface area (Å²) in [7, 11) is 0. The number of hydrogen-bond acceptors (Lipinski definition) is 3. The standard InChI is InChI=1S/C22H36O3/c1-12(2)15-7-8-21(5)16(25-13(3)23)11-20(4)9-14-10-22(14,6)19(24)18(20)17(15)21/h12,14-19,24H,7-11H2,1-6H3. The van der Waals surface area contributed by atoms with Gasteiger partial charge in [-0.2, -0.15) is 0 Å². The molecule has 4 aliphatic carbocycles. The van der Waals surface area contributed by atoms with E-state index in [1.807, 2.05) is 0 Å². The summed E-state index contributed by atoms with van der Waals surface area (Å²) in [6, 6.07) is 0. The Kier molecular flexibility index (Phi) is 3.74. The van der Waals surface area contributed by atoms with E-state index in [2.05, 4.69) is 34.6 Å². The van der Waals surface area contributed by atoms with E-state index in [4.69, 9.17) is 4.74 Å². The molecule has 0 aliphatic heterocycles. The van der Waals surface area contributed by atoms with Crippen molar-refractivity contribution < 1.29 is 14.6 Å². The van der Waals surface area contributed by atoms with Crippen molar-refractivity contribution >= 4 is 5.97 Å². The predicted molar refractivity (Wildman–Crippen MR) is 97.8 cm³/mol.